The summed E-state index contributed by atoms with van der Waals surface area (Å²) in [5, 5.41) is 7.87. The number of rotatable bonds is 6. The molecule has 2 aliphatic rings. The van der Waals surface area contributed by atoms with Crippen molar-refractivity contribution in [2.75, 3.05) is 10.6 Å². The van der Waals surface area contributed by atoms with Crippen LogP contribution in [-0.4, -0.2) is 19.9 Å². The minimum absolute atomic E-state index is 0. The Labute approximate surface area is 410 Å². The fourth-order valence-corrected chi connectivity index (χ4v) is 8.71. The molecule has 67 heavy (non-hydrogen) atoms. The SMILES string of the molecule is CC(C)(C)c1cc(Nc2c3nc(c(-c4ccccc4)c4ccc([nH]4)c(Nc4cc(C(C)(C)C)cc(C(C)(C)C)c4)c4nc(c(-c5ccccc5)c5ccc2[nH]5)C=C4)C=C3)cc(C(C)(C)C)c1.[Zn]. The third-order valence-corrected chi connectivity index (χ3v) is 12.7. The van der Waals surface area contributed by atoms with Crippen LogP contribution in [0.15, 0.2) is 121 Å². The molecule has 4 N–H and O–H groups in total. The van der Waals surface area contributed by atoms with Gasteiger partial charge in [-0.1, -0.05) is 156 Å². The number of aromatic amines is 2. The zero-order valence-corrected chi connectivity index (χ0v) is 44.4. The summed E-state index contributed by atoms with van der Waals surface area (Å²) in [6.07, 6.45) is 8.58. The molecule has 0 radical (unpaired) electrons. The first-order chi connectivity index (χ1) is 31.2. The zero-order chi connectivity index (χ0) is 46.8. The van der Waals surface area contributed by atoms with Gasteiger partial charge in [0.2, 0.25) is 0 Å². The van der Waals surface area contributed by atoms with E-state index in [4.69, 9.17) is 9.97 Å². The molecular formula is C60H64N6Zn. The van der Waals surface area contributed by atoms with Crippen LogP contribution in [0.5, 0.6) is 0 Å². The Kier molecular flexibility index (Phi) is 12.5. The fourth-order valence-electron chi connectivity index (χ4n) is 8.71. The van der Waals surface area contributed by atoms with Crippen LogP contribution in [-0.2, 0) is 41.1 Å². The maximum Gasteiger partial charge on any atom is 0.0894 e. The maximum atomic E-state index is 5.51. The molecule has 0 aliphatic carbocycles. The minimum Gasteiger partial charge on any atom is -0.353 e. The van der Waals surface area contributed by atoms with Gasteiger partial charge in [0.05, 0.1) is 45.2 Å². The molecule has 0 amide bonds. The molecule has 0 saturated carbocycles. The van der Waals surface area contributed by atoms with Gasteiger partial charge in [-0.05, 0) is 128 Å². The summed E-state index contributed by atoms with van der Waals surface area (Å²) in [6, 6.07) is 43.7. The summed E-state index contributed by atoms with van der Waals surface area (Å²) in [6.45, 7) is 27.3. The topological polar surface area (TPSA) is 81.4 Å². The van der Waals surface area contributed by atoms with Crippen LogP contribution in [0, 0.1) is 0 Å². The van der Waals surface area contributed by atoms with Gasteiger partial charge in [-0.25, -0.2) is 9.97 Å². The van der Waals surface area contributed by atoms with Crippen molar-refractivity contribution in [3.63, 3.8) is 0 Å². The molecule has 0 spiro atoms. The largest absolute Gasteiger partial charge is 0.353 e. The molecule has 9 rings (SSSR count). The maximum absolute atomic E-state index is 5.51. The second-order valence-electron chi connectivity index (χ2n) is 22.1. The number of hydrogen-bond donors (Lipinski definition) is 4. The Morgan fingerprint density at radius 3 is 0.970 bits per heavy atom. The molecular weight excluding hydrogens is 870 g/mol. The van der Waals surface area contributed by atoms with E-state index in [9.17, 15) is 0 Å². The first kappa shape index (κ1) is 47.2. The van der Waals surface area contributed by atoms with Gasteiger partial charge in [-0.2, -0.15) is 0 Å². The number of H-pyrrole nitrogens is 2. The van der Waals surface area contributed by atoms with Crippen molar-refractivity contribution >= 4 is 69.1 Å². The van der Waals surface area contributed by atoms with E-state index < -0.39 is 0 Å². The molecule has 336 valence electrons. The summed E-state index contributed by atoms with van der Waals surface area (Å²) in [5.41, 5.74) is 20.0. The molecule has 2 aliphatic heterocycles. The summed E-state index contributed by atoms with van der Waals surface area (Å²) in [7, 11) is 0. The van der Waals surface area contributed by atoms with Gasteiger partial charge in [-0.3, -0.25) is 0 Å². The van der Waals surface area contributed by atoms with Crippen molar-refractivity contribution < 1.29 is 19.5 Å². The van der Waals surface area contributed by atoms with E-state index >= 15 is 0 Å². The van der Waals surface area contributed by atoms with Gasteiger partial charge in [0.15, 0.2) is 0 Å². The van der Waals surface area contributed by atoms with E-state index in [2.05, 4.69) is 249 Å². The first-order valence-electron chi connectivity index (χ1n) is 23.3. The molecule has 7 aromatic rings. The van der Waals surface area contributed by atoms with E-state index in [0.717, 1.165) is 89.8 Å². The van der Waals surface area contributed by atoms with Gasteiger partial charge in [-0.15, -0.1) is 0 Å². The van der Waals surface area contributed by atoms with Crippen LogP contribution in [0.1, 0.15) is 128 Å². The molecule has 0 atom stereocenters. The standard InChI is InChI=1S/C60H64N6.Zn/c1-57(2,3)39-31-40(58(4,5)6)34-43(33-39)61-55-49-27-23-45(63-49)53(37-19-15-13-16-20-37)47-25-29-51(65-47)56(62-44-35-41(59(7,8)9)32-42(36-44)60(10,11)12)52-30-26-48(66-52)54(38-21-17-14-18-22-38)46-24-28-50(55)64-46;/h13-36,61-63,66H,1-12H3;. The molecule has 3 aromatic heterocycles. The quantitative estimate of drug-likeness (QED) is 0.125. The van der Waals surface area contributed by atoms with Crippen molar-refractivity contribution in [1.82, 2.24) is 19.9 Å². The van der Waals surface area contributed by atoms with E-state index in [1.807, 2.05) is 0 Å². The summed E-state index contributed by atoms with van der Waals surface area (Å²) in [5.74, 6) is 0. The first-order valence-corrected chi connectivity index (χ1v) is 23.3. The Bertz CT molecular complexity index is 2930. The van der Waals surface area contributed by atoms with Gasteiger partial charge in [0.1, 0.15) is 0 Å². The molecule has 5 heterocycles. The van der Waals surface area contributed by atoms with Gasteiger partial charge in [0.25, 0.3) is 0 Å². The molecule has 0 saturated heterocycles. The number of hydrogen-bond acceptors (Lipinski definition) is 4. The molecule has 0 unspecified atom stereocenters. The van der Waals surface area contributed by atoms with Gasteiger partial charge < -0.3 is 20.6 Å². The Hall–Kier alpha value is -6.30. The van der Waals surface area contributed by atoms with E-state index in [1.54, 1.807) is 0 Å². The Morgan fingerprint density at radius 1 is 0.358 bits per heavy atom. The summed E-state index contributed by atoms with van der Waals surface area (Å²) in [4.78, 5) is 18.8. The summed E-state index contributed by atoms with van der Waals surface area (Å²) < 4.78 is 0. The van der Waals surface area contributed by atoms with Crippen molar-refractivity contribution in [1.29, 1.82) is 0 Å². The third-order valence-electron chi connectivity index (χ3n) is 12.7. The zero-order valence-electron chi connectivity index (χ0n) is 41.5. The molecule has 4 aromatic carbocycles. The molecule has 6 nitrogen and oxygen atoms in total. The average molecular weight is 935 g/mol. The fraction of sp³-hybridized carbons (Fsp3) is 0.267. The monoisotopic (exact) mass is 932 g/mol. The number of nitrogens with zero attached hydrogens (tertiary/aromatic N) is 2. The molecule has 8 bridgehead atoms. The second kappa shape index (κ2) is 17.7. The van der Waals surface area contributed by atoms with Gasteiger partial charge >= 0.3 is 0 Å². The predicted octanol–water partition coefficient (Wildman–Crippen LogP) is 16.7. The minimum atomic E-state index is -0.0494. The Balaban J connectivity index is 0.00000608. The Morgan fingerprint density at radius 2 is 0.657 bits per heavy atom. The van der Waals surface area contributed by atoms with Crippen LogP contribution in [0.3, 0.4) is 0 Å². The van der Waals surface area contributed by atoms with Crippen molar-refractivity contribution in [3.8, 4) is 22.3 Å². The normalized spacial score (nSPS) is 12.8. The predicted molar refractivity (Wildman–Crippen MR) is 284 cm³/mol. The van der Waals surface area contributed by atoms with E-state index in [1.165, 1.54) is 22.3 Å². The van der Waals surface area contributed by atoms with Crippen molar-refractivity contribution in [3.05, 3.63) is 166 Å². The van der Waals surface area contributed by atoms with Gasteiger partial charge in [0, 0.05) is 53.0 Å². The number of aromatic nitrogens is 4. The van der Waals surface area contributed by atoms with Crippen LogP contribution in [0.4, 0.5) is 22.7 Å². The van der Waals surface area contributed by atoms with E-state index in [-0.39, 0.29) is 41.1 Å². The number of anilines is 4. The molecule has 0 fully saturated rings. The average Bonchev–Trinajstić information content (AvgIpc) is 4.11. The van der Waals surface area contributed by atoms with Crippen LogP contribution < -0.4 is 10.6 Å². The van der Waals surface area contributed by atoms with E-state index in [0.29, 0.717) is 0 Å². The number of fused-ring (bicyclic) bond motifs is 8. The summed E-state index contributed by atoms with van der Waals surface area (Å²) >= 11 is 0. The van der Waals surface area contributed by atoms with Crippen molar-refractivity contribution in [2.24, 2.45) is 0 Å². The second-order valence-corrected chi connectivity index (χ2v) is 22.1. The molecule has 7 heteroatoms. The smallest absolute Gasteiger partial charge is 0.0894 e. The van der Waals surface area contributed by atoms with Crippen LogP contribution >= 0.6 is 0 Å². The van der Waals surface area contributed by atoms with Crippen LogP contribution in [0.25, 0.3) is 68.6 Å². The van der Waals surface area contributed by atoms with Crippen molar-refractivity contribution in [2.45, 2.75) is 105 Å². The number of benzene rings is 4. The third kappa shape index (κ3) is 9.90. The number of nitrogens with one attached hydrogen (secondary N) is 4. The van der Waals surface area contributed by atoms with Crippen LogP contribution in [0.2, 0.25) is 0 Å².